The summed E-state index contributed by atoms with van der Waals surface area (Å²) in [6, 6.07) is 5.81. The van der Waals surface area contributed by atoms with Crippen LogP contribution in [-0.4, -0.2) is 31.2 Å². The van der Waals surface area contributed by atoms with Gasteiger partial charge in [0.15, 0.2) is 5.65 Å². The number of fused-ring (bicyclic) bond motifs is 1. The summed E-state index contributed by atoms with van der Waals surface area (Å²) in [7, 11) is 0. The molecule has 19 heavy (non-hydrogen) atoms. The number of nitrogens with zero attached hydrogens (tertiary/aromatic N) is 4. The second-order valence-electron chi connectivity index (χ2n) is 4.40. The minimum Gasteiger partial charge on any atom is -0.395 e. The number of aliphatic hydroxyl groups is 1. The molecule has 0 amide bonds. The Labute approximate surface area is 110 Å². The van der Waals surface area contributed by atoms with Crippen LogP contribution in [0.1, 0.15) is 5.56 Å². The molecule has 3 rings (SSSR count). The molecule has 0 aliphatic rings. The first-order valence-corrected chi connectivity index (χ1v) is 6.14. The highest BCUT2D eigenvalue weighted by Gasteiger charge is 2.13. The van der Waals surface area contributed by atoms with E-state index in [1.54, 1.807) is 12.4 Å². The summed E-state index contributed by atoms with van der Waals surface area (Å²) in [4.78, 5) is 13.1. The molecular weight excluding hydrogens is 240 g/mol. The lowest BCUT2D eigenvalue weighted by atomic mass is 10.2. The van der Waals surface area contributed by atoms with Gasteiger partial charge in [-0.05, 0) is 30.7 Å². The Balaban J connectivity index is 2.26. The van der Waals surface area contributed by atoms with Crippen molar-refractivity contribution in [3.63, 3.8) is 0 Å². The molecule has 0 saturated carbocycles. The summed E-state index contributed by atoms with van der Waals surface area (Å²) in [6.07, 6.45) is 5.28. The molecule has 0 aliphatic carbocycles. The second-order valence-corrected chi connectivity index (χ2v) is 4.40. The zero-order valence-electron chi connectivity index (χ0n) is 10.6. The van der Waals surface area contributed by atoms with Crippen LogP contribution in [0.2, 0.25) is 0 Å². The van der Waals surface area contributed by atoms with Crippen molar-refractivity contribution in [1.29, 1.82) is 0 Å². The van der Waals surface area contributed by atoms with Crippen molar-refractivity contribution in [3.05, 3.63) is 42.4 Å². The maximum Gasteiger partial charge on any atom is 0.160 e. The van der Waals surface area contributed by atoms with Crippen molar-refractivity contribution < 1.29 is 5.11 Å². The Morgan fingerprint density at radius 1 is 1.26 bits per heavy atom. The van der Waals surface area contributed by atoms with Crippen LogP contribution in [0.5, 0.6) is 0 Å². The second kappa shape index (κ2) is 4.78. The topological polar surface area (TPSA) is 63.8 Å². The minimum atomic E-state index is 0.0547. The molecule has 96 valence electrons. The molecule has 0 unspecified atom stereocenters. The fourth-order valence-electron chi connectivity index (χ4n) is 2.14. The van der Waals surface area contributed by atoms with Gasteiger partial charge in [0.1, 0.15) is 11.3 Å². The predicted molar refractivity (Wildman–Crippen MR) is 72.6 cm³/mol. The van der Waals surface area contributed by atoms with Crippen molar-refractivity contribution in [2.75, 3.05) is 6.61 Å². The average molecular weight is 254 g/mol. The molecule has 0 fully saturated rings. The first-order valence-electron chi connectivity index (χ1n) is 6.14. The monoisotopic (exact) mass is 254 g/mol. The van der Waals surface area contributed by atoms with Gasteiger partial charge in [-0.1, -0.05) is 0 Å². The molecular formula is C14H14N4O. The maximum absolute atomic E-state index is 9.23. The number of aliphatic hydroxyl groups excluding tert-OH is 1. The first-order chi connectivity index (χ1) is 9.29. The fourth-order valence-corrected chi connectivity index (χ4v) is 2.14. The van der Waals surface area contributed by atoms with Crippen LogP contribution >= 0.6 is 0 Å². The summed E-state index contributed by atoms with van der Waals surface area (Å²) < 4.78 is 1.93. The standard InChI is InChI=1S/C14H14N4O/c1-10-8-12-14(16-9-10)18(6-7-19)13(17-12)11-2-4-15-5-3-11/h2-5,8-9,19H,6-7H2,1H3. The van der Waals surface area contributed by atoms with E-state index in [0.29, 0.717) is 6.54 Å². The predicted octanol–water partition coefficient (Wildman–Crippen LogP) is 1.79. The highest BCUT2D eigenvalue weighted by Crippen LogP contribution is 2.23. The van der Waals surface area contributed by atoms with Gasteiger partial charge in [-0.15, -0.1) is 0 Å². The number of aryl methyl sites for hydroxylation is 1. The van der Waals surface area contributed by atoms with Gasteiger partial charge < -0.3 is 9.67 Å². The van der Waals surface area contributed by atoms with E-state index in [0.717, 1.165) is 28.1 Å². The van der Waals surface area contributed by atoms with Gasteiger partial charge in [0, 0.05) is 30.7 Å². The summed E-state index contributed by atoms with van der Waals surface area (Å²) in [5.74, 6) is 0.810. The largest absolute Gasteiger partial charge is 0.395 e. The van der Waals surface area contributed by atoms with E-state index < -0.39 is 0 Å². The third kappa shape index (κ3) is 2.08. The highest BCUT2D eigenvalue weighted by atomic mass is 16.3. The van der Waals surface area contributed by atoms with Crippen LogP contribution in [0.15, 0.2) is 36.8 Å². The number of hydrogen-bond donors (Lipinski definition) is 1. The van der Waals surface area contributed by atoms with Crippen LogP contribution in [-0.2, 0) is 6.54 Å². The molecule has 5 nitrogen and oxygen atoms in total. The van der Waals surface area contributed by atoms with Crippen molar-refractivity contribution in [3.8, 4) is 11.4 Å². The Morgan fingerprint density at radius 3 is 2.79 bits per heavy atom. The Bertz CT molecular complexity index is 706. The van der Waals surface area contributed by atoms with Gasteiger partial charge in [0.2, 0.25) is 0 Å². The number of rotatable bonds is 3. The normalized spacial score (nSPS) is 11.1. The van der Waals surface area contributed by atoms with Crippen molar-refractivity contribution in [2.24, 2.45) is 0 Å². The van der Waals surface area contributed by atoms with Crippen LogP contribution in [0, 0.1) is 6.92 Å². The molecule has 0 aromatic carbocycles. The average Bonchev–Trinajstić information content (AvgIpc) is 2.78. The lowest BCUT2D eigenvalue weighted by Gasteiger charge is -2.06. The van der Waals surface area contributed by atoms with Gasteiger partial charge in [0.05, 0.1) is 6.61 Å². The zero-order chi connectivity index (χ0) is 13.2. The summed E-state index contributed by atoms with van der Waals surface area (Å²) in [5.41, 5.74) is 3.69. The SMILES string of the molecule is Cc1cnc2c(c1)nc(-c1ccncc1)n2CCO. The van der Waals surface area contributed by atoms with Gasteiger partial charge in [-0.25, -0.2) is 9.97 Å². The smallest absolute Gasteiger partial charge is 0.160 e. The molecule has 0 saturated heterocycles. The van der Waals surface area contributed by atoms with Gasteiger partial charge in [0.25, 0.3) is 0 Å². The Morgan fingerprint density at radius 2 is 2.05 bits per heavy atom. The third-order valence-corrected chi connectivity index (χ3v) is 2.98. The number of hydrogen-bond acceptors (Lipinski definition) is 4. The molecule has 0 atom stereocenters. The molecule has 1 N–H and O–H groups in total. The fraction of sp³-hybridized carbons (Fsp3) is 0.214. The molecule has 3 aromatic rings. The van der Waals surface area contributed by atoms with Gasteiger partial charge >= 0.3 is 0 Å². The summed E-state index contributed by atoms with van der Waals surface area (Å²) in [6.45, 7) is 2.52. The van der Waals surface area contributed by atoms with Crippen LogP contribution in [0.4, 0.5) is 0 Å². The summed E-state index contributed by atoms with van der Waals surface area (Å²) in [5, 5.41) is 9.23. The number of imidazole rings is 1. The van der Waals surface area contributed by atoms with Crippen molar-refractivity contribution in [1.82, 2.24) is 19.5 Å². The lowest BCUT2D eigenvalue weighted by Crippen LogP contribution is -2.05. The minimum absolute atomic E-state index is 0.0547. The van der Waals surface area contributed by atoms with Crippen molar-refractivity contribution in [2.45, 2.75) is 13.5 Å². The van der Waals surface area contributed by atoms with E-state index >= 15 is 0 Å². The van der Waals surface area contributed by atoms with E-state index in [-0.39, 0.29) is 6.61 Å². The quantitative estimate of drug-likeness (QED) is 0.774. The molecule has 3 heterocycles. The van der Waals surface area contributed by atoms with Gasteiger partial charge in [-0.3, -0.25) is 4.98 Å². The van der Waals surface area contributed by atoms with Crippen molar-refractivity contribution >= 4 is 11.2 Å². The van der Waals surface area contributed by atoms with Gasteiger partial charge in [-0.2, -0.15) is 0 Å². The maximum atomic E-state index is 9.23. The molecule has 3 aromatic heterocycles. The van der Waals surface area contributed by atoms with E-state index in [2.05, 4.69) is 15.0 Å². The highest BCUT2D eigenvalue weighted by molar-refractivity contribution is 5.77. The third-order valence-electron chi connectivity index (χ3n) is 2.98. The molecule has 0 aliphatic heterocycles. The summed E-state index contributed by atoms with van der Waals surface area (Å²) >= 11 is 0. The zero-order valence-corrected chi connectivity index (χ0v) is 10.6. The Kier molecular flexibility index (Phi) is 2.97. The molecule has 0 bridgehead atoms. The number of aromatic nitrogens is 4. The number of pyridine rings is 2. The molecule has 0 radical (unpaired) electrons. The van der Waals surface area contributed by atoms with E-state index in [4.69, 9.17) is 0 Å². The lowest BCUT2D eigenvalue weighted by molar-refractivity contribution is 0.278. The first kappa shape index (κ1) is 11.8. The van der Waals surface area contributed by atoms with E-state index in [9.17, 15) is 5.11 Å². The van der Waals surface area contributed by atoms with E-state index in [1.165, 1.54) is 0 Å². The van der Waals surface area contributed by atoms with Crippen LogP contribution < -0.4 is 0 Å². The Hall–Kier alpha value is -2.27. The van der Waals surface area contributed by atoms with Crippen LogP contribution in [0.3, 0.4) is 0 Å². The molecule has 0 spiro atoms. The van der Waals surface area contributed by atoms with E-state index in [1.807, 2.05) is 35.9 Å². The molecule has 5 heteroatoms. The van der Waals surface area contributed by atoms with Crippen LogP contribution in [0.25, 0.3) is 22.6 Å².